The Kier molecular flexibility index (Phi) is 2.62. The monoisotopic (exact) mass is 228 g/mol. The van der Waals surface area contributed by atoms with Gasteiger partial charge >= 0.3 is 6.09 Å². The lowest BCUT2D eigenvalue weighted by Gasteiger charge is -2.46. The number of amides is 1. The molecule has 0 bridgehead atoms. The fraction of sp³-hybridized carbons (Fsp3) is 0.909. The molecule has 2 N–H and O–H groups in total. The molecule has 2 aliphatic heterocycles. The average molecular weight is 228 g/mol. The molecule has 1 unspecified atom stereocenters. The van der Waals surface area contributed by atoms with E-state index in [2.05, 4.69) is 0 Å². The number of hydrogen-bond acceptors (Lipinski definition) is 4. The van der Waals surface area contributed by atoms with Gasteiger partial charge in [-0.2, -0.15) is 0 Å². The van der Waals surface area contributed by atoms with Gasteiger partial charge in [0.15, 0.2) is 0 Å². The Morgan fingerprint density at radius 2 is 2.12 bits per heavy atom. The summed E-state index contributed by atoms with van der Waals surface area (Å²) in [6.07, 6.45) is 0.578. The van der Waals surface area contributed by atoms with Gasteiger partial charge in [-0.3, -0.25) is 0 Å². The summed E-state index contributed by atoms with van der Waals surface area (Å²) < 4.78 is 10.9. The third kappa shape index (κ3) is 2.30. The molecule has 2 heterocycles. The number of nitrogens with two attached hydrogens (primary N) is 1. The molecular formula is C11H20N2O3. The maximum Gasteiger partial charge on any atom is 0.410 e. The van der Waals surface area contributed by atoms with Crippen LogP contribution in [-0.2, 0) is 9.47 Å². The van der Waals surface area contributed by atoms with Crippen molar-refractivity contribution in [2.45, 2.75) is 44.4 Å². The van der Waals surface area contributed by atoms with Crippen LogP contribution < -0.4 is 5.73 Å². The van der Waals surface area contributed by atoms with Crippen molar-refractivity contribution in [3.05, 3.63) is 0 Å². The number of rotatable bonds is 0. The largest absolute Gasteiger partial charge is 0.444 e. The third-order valence-electron chi connectivity index (χ3n) is 2.85. The van der Waals surface area contributed by atoms with Crippen LogP contribution in [0.3, 0.4) is 0 Å². The van der Waals surface area contributed by atoms with Gasteiger partial charge in [-0.15, -0.1) is 0 Å². The molecule has 0 saturated carbocycles. The van der Waals surface area contributed by atoms with Crippen molar-refractivity contribution < 1.29 is 14.3 Å². The topological polar surface area (TPSA) is 64.8 Å². The fourth-order valence-corrected chi connectivity index (χ4v) is 2.20. The highest BCUT2D eigenvalue weighted by atomic mass is 16.6. The Hall–Kier alpha value is -0.810. The number of carbonyl (C=O) groups excluding carboxylic acids is 1. The lowest BCUT2D eigenvalue weighted by Crippen LogP contribution is -2.64. The summed E-state index contributed by atoms with van der Waals surface area (Å²) in [6.45, 7) is 7.40. The summed E-state index contributed by atoms with van der Waals surface area (Å²) in [7, 11) is 0. The molecule has 2 aliphatic rings. The second kappa shape index (κ2) is 3.60. The number of likely N-dealkylation sites (tertiary alicyclic amines) is 1. The van der Waals surface area contributed by atoms with Gasteiger partial charge in [-0.1, -0.05) is 0 Å². The van der Waals surface area contributed by atoms with E-state index >= 15 is 0 Å². The Morgan fingerprint density at radius 3 is 2.56 bits per heavy atom. The van der Waals surface area contributed by atoms with Gasteiger partial charge in [0.25, 0.3) is 0 Å². The molecule has 0 aromatic rings. The second-order valence-corrected chi connectivity index (χ2v) is 5.79. The van der Waals surface area contributed by atoms with Crippen LogP contribution in [0.5, 0.6) is 0 Å². The van der Waals surface area contributed by atoms with E-state index in [0.29, 0.717) is 19.7 Å². The first-order chi connectivity index (χ1) is 7.30. The standard InChI is InChI=1S/C11H20N2O3/c1-10(2,3)16-9(14)13-6-11(7-13)4-8(12)5-15-11/h8H,4-7,12H2,1-3H3. The Labute approximate surface area is 95.9 Å². The minimum Gasteiger partial charge on any atom is -0.444 e. The molecular weight excluding hydrogens is 208 g/mol. The lowest BCUT2D eigenvalue weighted by molar-refractivity contribution is -0.109. The highest BCUT2D eigenvalue weighted by molar-refractivity contribution is 5.69. The molecule has 2 saturated heterocycles. The van der Waals surface area contributed by atoms with Crippen molar-refractivity contribution in [3.8, 4) is 0 Å². The minimum atomic E-state index is -0.438. The lowest BCUT2D eigenvalue weighted by atomic mass is 9.90. The molecule has 2 rings (SSSR count). The van der Waals surface area contributed by atoms with Gasteiger partial charge in [-0.05, 0) is 27.2 Å². The van der Waals surface area contributed by atoms with Crippen molar-refractivity contribution >= 4 is 6.09 Å². The normalized spacial score (nSPS) is 28.0. The Morgan fingerprint density at radius 1 is 1.50 bits per heavy atom. The van der Waals surface area contributed by atoms with Gasteiger partial charge in [-0.25, -0.2) is 4.79 Å². The molecule has 0 radical (unpaired) electrons. The van der Waals surface area contributed by atoms with Crippen molar-refractivity contribution in [1.82, 2.24) is 4.90 Å². The predicted molar refractivity (Wildman–Crippen MR) is 59.1 cm³/mol. The van der Waals surface area contributed by atoms with Gasteiger partial charge in [0.05, 0.1) is 19.7 Å². The molecule has 0 aliphatic carbocycles. The van der Waals surface area contributed by atoms with Gasteiger partial charge in [0.2, 0.25) is 0 Å². The summed E-state index contributed by atoms with van der Waals surface area (Å²) in [4.78, 5) is 13.3. The molecule has 1 atom stereocenters. The van der Waals surface area contributed by atoms with Crippen molar-refractivity contribution in [2.24, 2.45) is 5.73 Å². The summed E-state index contributed by atoms with van der Waals surface area (Å²) in [5, 5.41) is 0. The van der Waals surface area contributed by atoms with Crippen LogP contribution >= 0.6 is 0 Å². The van der Waals surface area contributed by atoms with Crippen LogP contribution in [-0.4, -0.2) is 47.9 Å². The first-order valence-corrected chi connectivity index (χ1v) is 5.67. The molecule has 1 amide bonds. The maximum atomic E-state index is 11.7. The summed E-state index contributed by atoms with van der Waals surface area (Å²) in [6, 6.07) is 0.112. The third-order valence-corrected chi connectivity index (χ3v) is 2.85. The Bertz CT molecular complexity index is 292. The molecule has 0 aromatic carbocycles. The summed E-state index contributed by atoms with van der Waals surface area (Å²) in [5.41, 5.74) is 5.16. The summed E-state index contributed by atoms with van der Waals surface area (Å²) >= 11 is 0. The smallest absolute Gasteiger partial charge is 0.410 e. The fourth-order valence-electron chi connectivity index (χ4n) is 2.20. The number of nitrogens with zero attached hydrogens (tertiary/aromatic N) is 1. The molecule has 16 heavy (non-hydrogen) atoms. The van der Waals surface area contributed by atoms with Gasteiger partial charge < -0.3 is 20.1 Å². The van der Waals surface area contributed by atoms with Crippen LogP contribution in [0.1, 0.15) is 27.2 Å². The SMILES string of the molecule is CC(C)(C)OC(=O)N1CC2(CC(N)CO2)C1. The molecule has 0 aromatic heterocycles. The zero-order chi connectivity index (χ0) is 12.0. The van der Waals surface area contributed by atoms with Gasteiger partial charge in [0.1, 0.15) is 11.2 Å². The van der Waals surface area contributed by atoms with Crippen LogP contribution in [0.25, 0.3) is 0 Å². The first kappa shape index (κ1) is 11.7. The van der Waals surface area contributed by atoms with Gasteiger partial charge in [0, 0.05) is 6.04 Å². The van der Waals surface area contributed by atoms with Crippen LogP contribution in [0.2, 0.25) is 0 Å². The van der Waals surface area contributed by atoms with Crippen LogP contribution in [0.15, 0.2) is 0 Å². The second-order valence-electron chi connectivity index (χ2n) is 5.79. The van der Waals surface area contributed by atoms with E-state index < -0.39 is 5.60 Å². The highest BCUT2D eigenvalue weighted by Crippen LogP contribution is 2.35. The average Bonchev–Trinajstić information content (AvgIpc) is 2.41. The van der Waals surface area contributed by atoms with E-state index in [0.717, 1.165) is 6.42 Å². The van der Waals surface area contributed by atoms with E-state index in [4.69, 9.17) is 15.2 Å². The number of carbonyl (C=O) groups is 1. The molecule has 5 heteroatoms. The van der Waals surface area contributed by atoms with Crippen molar-refractivity contribution in [1.29, 1.82) is 0 Å². The van der Waals surface area contributed by atoms with Crippen LogP contribution in [0.4, 0.5) is 4.79 Å². The molecule has 5 nitrogen and oxygen atoms in total. The van der Waals surface area contributed by atoms with E-state index in [1.165, 1.54) is 0 Å². The molecule has 92 valence electrons. The summed E-state index contributed by atoms with van der Waals surface area (Å²) in [5.74, 6) is 0. The molecule has 1 spiro atoms. The first-order valence-electron chi connectivity index (χ1n) is 5.67. The Balaban J connectivity index is 1.82. The van der Waals surface area contributed by atoms with Crippen molar-refractivity contribution in [3.63, 3.8) is 0 Å². The van der Waals surface area contributed by atoms with Crippen molar-refractivity contribution in [2.75, 3.05) is 19.7 Å². The number of hydrogen-bond donors (Lipinski definition) is 1. The van der Waals surface area contributed by atoms with E-state index in [1.807, 2.05) is 20.8 Å². The van der Waals surface area contributed by atoms with Crippen LogP contribution in [0, 0.1) is 0 Å². The van der Waals surface area contributed by atoms with E-state index in [-0.39, 0.29) is 17.7 Å². The maximum absolute atomic E-state index is 11.7. The quantitative estimate of drug-likeness (QED) is 0.663. The zero-order valence-electron chi connectivity index (χ0n) is 10.2. The number of ether oxygens (including phenoxy) is 2. The van der Waals surface area contributed by atoms with E-state index in [1.54, 1.807) is 4.90 Å². The minimum absolute atomic E-state index is 0.112. The predicted octanol–water partition coefficient (Wildman–Crippen LogP) is 0.724. The molecule has 2 fully saturated rings. The highest BCUT2D eigenvalue weighted by Gasteiger charge is 2.51. The zero-order valence-corrected chi connectivity index (χ0v) is 10.2. The van der Waals surface area contributed by atoms with E-state index in [9.17, 15) is 4.79 Å².